The van der Waals surface area contributed by atoms with E-state index in [-0.39, 0.29) is 12.0 Å². The van der Waals surface area contributed by atoms with Crippen LogP contribution in [-0.2, 0) is 6.54 Å². The summed E-state index contributed by atoms with van der Waals surface area (Å²) < 4.78 is 0. The first kappa shape index (κ1) is 15.8. The van der Waals surface area contributed by atoms with Gasteiger partial charge in [-0.2, -0.15) is 0 Å². The minimum absolute atomic E-state index is 0.142. The van der Waals surface area contributed by atoms with E-state index >= 15 is 0 Å². The highest BCUT2D eigenvalue weighted by molar-refractivity contribution is 5.87. The van der Waals surface area contributed by atoms with Gasteiger partial charge in [-0.15, -0.1) is 0 Å². The quantitative estimate of drug-likeness (QED) is 0.731. The summed E-state index contributed by atoms with van der Waals surface area (Å²) in [7, 11) is 0. The lowest BCUT2D eigenvalue weighted by Crippen LogP contribution is -2.29. The zero-order valence-electron chi connectivity index (χ0n) is 12.9. The largest absolute Gasteiger partial charge is 0.508 e. The Kier molecular flexibility index (Phi) is 5.21. The van der Waals surface area contributed by atoms with E-state index in [2.05, 4.69) is 25.2 Å². The zero-order valence-corrected chi connectivity index (χ0v) is 12.9. The molecule has 0 amide bonds. The smallest absolute Gasteiger partial charge is 0.120 e. The Labute approximate surface area is 126 Å². The third-order valence-electron chi connectivity index (χ3n) is 3.93. The molecule has 2 aromatic carbocycles. The first-order valence-electron chi connectivity index (χ1n) is 7.55. The average Bonchev–Trinajstić information content (AvgIpc) is 2.47. The molecule has 3 heteroatoms. The molecule has 2 rings (SSSR count). The number of hydrogen-bond acceptors (Lipinski definition) is 3. The van der Waals surface area contributed by atoms with E-state index < -0.39 is 0 Å². The van der Waals surface area contributed by atoms with Crippen molar-refractivity contribution in [3.8, 4) is 5.75 Å². The lowest BCUT2D eigenvalue weighted by atomic mass is 9.88. The van der Waals surface area contributed by atoms with Crippen LogP contribution in [-0.4, -0.2) is 23.4 Å². The lowest BCUT2D eigenvalue weighted by Gasteiger charge is -2.25. The first-order valence-corrected chi connectivity index (χ1v) is 7.55. The number of aliphatic hydroxyl groups excluding tert-OH is 1. The molecule has 0 fully saturated rings. The van der Waals surface area contributed by atoms with Crippen LogP contribution in [0.2, 0.25) is 0 Å². The van der Waals surface area contributed by atoms with Crippen molar-refractivity contribution in [3.05, 3.63) is 42.0 Å². The predicted molar refractivity (Wildman–Crippen MR) is 87.4 cm³/mol. The maximum atomic E-state index is 10.1. The molecule has 0 saturated heterocycles. The van der Waals surface area contributed by atoms with Crippen LogP contribution < -0.4 is 5.32 Å². The molecule has 0 bridgehead atoms. The summed E-state index contributed by atoms with van der Waals surface area (Å²) in [6, 6.07) is 11.8. The number of fused-ring (bicyclic) bond motifs is 1. The molecule has 0 aliphatic heterocycles. The van der Waals surface area contributed by atoms with Crippen molar-refractivity contribution in [2.45, 2.75) is 33.2 Å². The second-order valence-electron chi connectivity index (χ2n) is 6.38. The van der Waals surface area contributed by atoms with Gasteiger partial charge >= 0.3 is 0 Å². The maximum absolute atomic E-state index is 10.1. The Bertz CT molecular complexity index is 593. The number of nitrogens with one attached hydrogen (secondary N) is 1. The third-order valence-corrected chi connectivity index (χ3v) is 3.93. The summed E-state index contributed by atoms with van der Waals surface area (Å²) in [4.78, 5) is 0. The molecule has 0 heterocycles. The van der Waals surface area contributed by atoms with E-state index in [9.17, 15) is 5.11 Å². The molecule has 2 aromatic rings. The molecule has 21 heavy (non-hydrogen) atoms. The van der Waals surface area contributed by atoms with Gasteiger partial charge in [0.05, 0.1) is 0 Å². The molecular formula is C18H25NO2. The van der Waals surface area contributed by atoms with Gasteiger partial charge in [-0.1, -0.05) is 44.2 Å². The standard InChI is InChI=1S/C18H25NO2/c1-18(2,10-5-11-20)13-19-12-16-15-7-4-3-6-14(15)8-9-17(16)21/h3-4,6-9,19-21H,5,10-13H2,1-2H3. The number of aliphatic hydroxyl groups is 1. The number of phenolic OH excluding ortho intramolecular Hbond substituents is 1. The molecule has 0 spiro atoms. The number of benzene rings is 2. The lowest BCUT2D eigenvalue weighted by molar-refractivity contribution is 0.236. The molecule has 0 saturated carbocycles. The molecule has 0 aliphatic rings. The van der Waals surface area contributed by atoms with Gasteiger partial charge in [0.1, 0.15) is 5.75 Å². The summed E-state index contributed by atoms with van der Waals surface area (Å²) in [5.41, 5.74) is 1.09. The molecule has 0 atom stereocenters. The molecule has 3 N–H and O–H groups in total. The second kappa shape index (κ2) is 6.92. The monoisotopic (exact) mass is 287 g/mol. The Hall–Kier alpha value is -1.58. The minimum Gasteiger partial charge on any atom is -0.508 e. The molecular weight excluding hydrogens is 262 g/mol. The highest BCUT2D eigenvalue weighted by Crippen LogP contribution is 2.27. The van der Waals surface area contributed by atoms with E-state index in [1.54, 1.807) is 6.07 Å². The fraction of sp³-hybridized carbons (Fsp3) is 0.444. The molecule has 114 valence electrons. The fourth-order valence-electron chi connectivity index (χ4n) is 2.68. The van der Waals surface area contributed by atoms with Crippen LogP contribution in [0.1, 0.15) is 32.3 Å². The van der Waals surface area contributed by atoms with Crippen LogP contribution in [0.5, 0.6) is 5.75 Å². The van der Waals surface area contributed by atoms with Gasteiger partial charge in [0.15, 0.2) is 0 Å². The van der Waals surface area contributed by atoms with Gasteiger partial charge in [-0.3, -0.25) is 0 Å². The van der Waals surface area contributed by atoms with Crippen molar-refractivity contribution >= 4 is 10.8 Å². The summed E-state index contributed by atoms with van der Waals surface area (Å²) in [6.45, 7) is 6.14. The van der Waals surface area contributed by atoms with Crippen LogP contribution in [0.25, 0.3) is 10.8 Å². The van der Waals surface area contributed by atoms with Crippen LogP contribution in [0, 0.1) is 5.41 Å². The number of rotatable bonds is 7. The Morgan fingerprint density at radius 2 is 1.86 bits per heavy atom. The highest BCUT2D eigenvalue weighted by Gasteiger charge is 2.17. The molecule has 0 aromatic heterocycles. The number of aromatic hydroxyl groups is 1. The van der Waals surface area contributed by atoms with E-state index in [0.717, 1.165) is 35.7 Å². The molecule has 0 aliphatic carbocycles. The maximum Gasteiger partial charge on any atom is 0.120 e. The van der Waals surface area contributed by atoms with Crippen molar-refractivity contribution in [2.24, 2.45) is 5.41 Å². The van der Waals surface area contributed by atoms with E-state index in [1.807, 2.05) is 24.3 Å². The fourth-order valence-corrected chi connectivity index (χ4v) is 2.68. The minimum atomic E-state index is 0.142. The topological polar surface area (TPSA) is 52.5 Å². The summed E-state index contributed by atoms with van der Waals surface area (Å²) >= 11 is 0. The van der Waals surface area contributed by atoms with Crippen molar-refractivity contribution in [1.82, 2.24) is 5.32 Å². The van der Waals surface area contributed by atoms with Gasteiger partial charge in [0.25, 0.3) is 0 Å². The van der Waals surface area contributed by atoms with E-state index in [0.29, 0.717) is 12.3 Å². The molecule has 3 nitrogen and oxygen atoms in total. The predicted octanol–water partition coefficient (Wildman–Crippen LogP) is 3.43. The normalized spacial score (nSPS) is 12.0. The molecule has 0 radical (unpaired) electrons. The van der Waals surface area contributed by atoms with Gasteiger partial charge in [0.2, 0.25) is 0 Å². The van der Waals surface area contributed by atoms with E-state index in [4.69, 9.17) is 5.11 Å². The van der Waals surface area contributed by atoms with Crippen molar-refractivity contribution < 1.29 is 10.2 Å². The van der Waals surface area contributed by atoms with Gasteiger partial charge in [-0.25, -0.2) is 0 Å². The summed E-state index contributed by atoms with van der Waals surface area (Å²) in [5.74, 6) is 0.342. The first-order chi connectivity index (χ1) is 10.0. The van der Waals surface area contributed by atoms with Crippen molar-refractivity contribution in [2.75, 3.05) is 13.2 Å². The number of hydrogen-bond donors (Lipinski definition) is 3. The Balaban J connectivity index is 2.05. The van der Waals surface area contributed by atoms with Crippen LogP contribution in [0.15, 0.2) is 36.4 Å². The average molecular weight is 287 g/mol. The molecule has 0 unspecified atom stereocenters. The number of phenols is 1. The van der Waals surface area contributed by atoms with Gasteiger partial charge < -0.3 is 15.5 Å². The second-order valence-corrected chi connectivity index (χ2v) is 6.38. The third kappa shape index (κ3) is 4.19. The van der Waals surface area contributed by atoms with Gasteiger partial charge in [-0.05, 0) is 35.1 Å². The van der Waals surface area contributed by atoms with Crippen LogP contribution >= 0.6 is 0 Å². The zero-order chi connectivity index (χ0) is 15.3. The highest BCUT2D eigenvalue weighted by atomic mass is 16.3. The Morgan fingerprint density at radius 3 is 2.62 bits per heavy atom. The van der Waals surface area contributed by atoms with Crippen LogP contribution in [0.3, 0.4) is 0 Å². The van der Waals surface area contributed by atoms with Crippen molar-refractivity contribution in [1.29, 1.82) is 0 Å². The summed E-state index contributed by atoms with van der Waals surface area (Å²) in [6.07, 6.45) is 1.81. The van der Waals surface area contributed by atoms with E-state index in [1.165, 1.54) is 0 Å². The summed E-state index contributed by atoms with van der Waals surface area (Å²) in [5, 5.41) is 24.7. The SMILES string of the molecule is CC(C)(CCCO)CNCc1c(O)ccc2ccccc12. The van der Waals surface area contributed by atoms with Crippen LogP contribution in [0.4, 0.5) is 0 Å². The van der Waals surface area contributed by atoms with Crippen molar-refractivity contribution in [3.63, 3.8) is 0 Å². The van der Waals surface area contributed by atoms with Gasteiger partial charge in [0, 0.05) is 25.3 Å². The Morgan fingerprint density at radius 1 is 1.10 bits per heavy atom.